The molecule has 0 bridgehead atoms. The first kappa shape index (κ1) is 9.80. The van der Waals surface area contributed by atoms with Gasteiger partial charge in [-0.25, -0.2) is 0 Å². The molecule has 3 heteroatoms. The molecule has 0 aromatic carbocycles. The number of halogens is 2. The topological polar surface area (TPSA) is 0 Å². The first-order valence-electron chi connectivity index (χ1n) is 3.20. The minimum absolute atomic E-state index is 0.398. The second kappa shape index (κ2) is 3.84. The third kappa shape index (κ3) is 8.80. The van der Waals surface area contributed by atoms with E-state index in [0.717, 1.165) is 12.5 Å². The van der Waals surface area contributed by atoms with Crippen LogP contribution in [0.2, 0.25) is 6.04 Å². The second-order valence-electron chi connectivity index (χ2n) is 3.49. The molecule has 0 unspecified atom stereocenters. The fourth-order valence-corrected chi connectivity index (χ4v) is 2.28. The van der Waals surface area contributed by atoms with Crippen LogP contribution in [-0.4, -0.2) is 7.42 Å². The summed E-state index contributed by atoms with van der Waals surface area (Å²) in [6, 6.07) is 1.03. The van der Waals surface area contributed by atoms with Crippen LogP contribution >= 0.6 is 22.2 Å². The normalized spacial score (nSPS) is 12.7. The van der Waals surface area contributed by atoms with Gasteiger partial charge in [0.05, 0.1) is 0 Å². The molecule has 0 aliphatic rings. The molecule has 0 amide bonds. The van der Waals surface area contributed by atoms with Crippen molar-refractivity contribution in [3.63, 3.8) is 0 Å². The summed E-state index contributed by atoms with van der Waals surface area (Å²) in [6.45, 7) is 6.62. The molecule has 0 aromatic rings. The smallest absolute Gasteiger partial charge is 0.150 e. The Bertz CT molecular complexity index is 75.6. The zero-order valence-corrected chi connectivity index (χ0v) is 8.91. The van der Waals surface area contributed by atoms with Crippen molar-refractivity contribution in [1.29, 1.82) is 0 Å². The average Bonchev–Trinajstić information content (AvgIpc) is 1.59. The fraction of sp³-hybridized carbons (Fsp3) is 1.00. The molecule has 0 saturated carbocycles. The van der Waals surface area contributed by atoms with E-state index in [1.807, 2.05) is 0 Å². The molecule has 0 fully saturated rings. The lowest BCUT2D eigenvalue weighted by molar-refractivity contribution is 0.397. The SMILES string of the molecule is CC(C)(C)CC[SiH](Cl)Cl. The lowest BCUT2D eigenvalue weighted by Crippen LogP contribution is -2.07. The highest BCUT2D eigenvalue weighted by molar-refractivity contribution is 7.33. The summed E-state index contributed by atoms with van der Waals surface area (Å²) in [7, 11) is -1.33. The molecule has 0 aliphatic carbocycles. The van der Waals surface area contributed by atoms with Gasteiger partial charge in [0.15, 0.2) is 0 Å². The third-order valence-corrected chi connectivity index (χ3v) is 3.15. The van der Waals surface area contributed by atoms with E-state index in [-0.39, 0.29) is 0 Å². The Hall–Kier alpha value is 0.797. The molecular formula is C6H14Cl2Si. The maximum Gasteiger partial charge on any atom is 0.237 e. The van der Waals surface area contributed by atoms with E-state index >= 15 is 0 Å². The van der Waals surface area contributed by atoms with Gasteiger partial charge in [0, 0.05) is 0 Å². The molecule has 0 radical (unpaired) electrons. The summed E-state index contributed by atoms with van der Waals surface area (Å²) >= 11 is 11.4. The van der Waals surface area contributed by atoms with Gasteiger partial charge in [-0.3, -0.25) is 0 Å². The lowest BCUT2D eigenvalue weighted by atomic mass is 9.94. The van der Waals surface area contributed by atoms with Crippen molar-refractivity contribution in [3.8, 4) is 0 Å². The summed E-state index contributed by atoms with van der Waals surface area (Å²) in [5.74, 6) is 0. The van der Waals surface area contributed by atoms with Gasteiger partial charge in [-0.1, -0.05) is 20.8 Å². The van der Waals surface area contributed by atoms with Crippen molar-refractivity contribution in [2.24, 2.45) is 5.41 Å². The molecule has 9 heavy (non-hydrogen) atoms. The molecule has 56 valence electrons. The van der Waals surface area contributed by atoms with E-state index in [9.17, 15) is 0 Å². The first-order chi connectivity index (χ1) is 3.92. The monoisotopic (exact) mass is 184 g/mol. The highest BCUT2D eigenvalue weighted by Gasteiger charge is 2.12. The summed E-state index contributed by atoms with van der Waals surface area (Å²) in [4.78, 5) is 0. The Morgan fingerprint density at radius 1 is 1.22 bits per heavy atom. The van der Waals surface area contributed by atoms with Crippen LogP contribution in [0, 0.1) is 5.41 Å². The number of hydrogen-bond acceptors (Lipinski definition) is 0. The van der Waals surface area contributed by atoms with Crippen molar-refractivity contribution >= 4 is 29.6 Å². The number of hydrogen-bond donors (Lipinski definition) is 0. The summed E-state index contributed by atoms with van der Waals surface area (Å²) in [5, 5.41) is 0. The van der Waals surface area contributed by atoms with Crippen molar-refractivity contribution in [2.75, 3.05) is 0 Å². The molecule has 0 aliphatic heterocycles. The zero-order valence-electron chi connectivity index (χ0n) is 6.25. The van der Waals surface area contributed by atoms with Gasteiger partial charge in [-0.05, 0) is 17.9 Å². The van der Waals surface area contributed by atoms with Crippen LogP contribution in [0.1, 0.15) is 27.2 Å². The molecule has 0 heterocycles. The highest BCUT2D eigenvalue weighted by Crippen LogP contribution is 2.23. The summed E-state index contributed by atoms with van der Waals surface area (Å²) < 4.78 is 0. The Morgan fingerprint density at radius 3 is 1.78 bits per heavy atom. The minimum Gasteiger partial charge on any atom is -0.150 e. The Kier molecular flexibility index (Phi) is 4.18. The predicted octanol–water partition coefficient (Wildman–Crippen LogP) is 3.12. The van der Waals surface area contributed by atoms with Crippen LogP contribution in [0.15, 0.2) is 0 Å². The molecule has 0 saturated heterocycles. The zero-order chi connectivity index (χ0) is 7.49. The van der Waals surface area contributed by atoms with Crippen LogP contribution in [0.4, 0.5) is 0 Å². The van der Waals surface area contributed by atoms with Crippen LogP contribution < -0.4 is 0 Å². The van der Waals surface area contributed by atoms with Crippen molar-refractivity contribution in [3.05, 3.63) is 0 Å². The minimum atomic E-state index is -1.33. The van der Waals surface area contributed by atoms with Crippen molar-refractivity contribution in [2.45, 2.75) is 33.2 Å². The Labute approximate surface area is 68.6 Å². The molecule has 0 rings (SSSR count). The summed E-state index contributed by atoms with van der Waals surface area (Å²) in [6.07, 6.45) is 1.15. The molecule has 0 N–H and O–H groups in total. The second-order valence-corrected chi connectivity index (χ2v) is 8.68. The molecule has 0 nitrogen and oxygen atoms in total. The lowest BCUT2D eigenvalue weighted by Gasteiger charge is -2.17. The molecule has 0 spiro atoms. The van der Waals surface area contributed by atoms with Gasteiger partial charge < -0.3 is 0 Å². The maximum absolute atomic E-state index is 5.69. The van der Waals surface area contributed by atoms with Crippen LogP contribution in [0.5, 0.6) is 0 Å². The first-order valence-corrected chi connectivity index (χ1v) is 7.51. The van der Waals surface area contributed by atoms with Crippen molar-refractivity contribution in [1.82, 2.24) is 0 Å². The summed E-state index contributed by atoms with van der Waals surface area (Å²) in [5.41, 5.74) is 0.398. The van der Waals surface area contributed by atoms with Gasteiger partial charge >= 0.3 is 0 Å². The van der Waals surface area contributed by atoms with Gasteiger partial charge in [0.1, 0.15) is 0 Å². The van der Waals surface area contributed by atoms with Gasteiger partial charge in [-0.2, -0.15) is 22.2 Å². The Morgan fingerprint density at radius 2 is 1.67 bits per heavy atom. The number of rotatable bonds is 2. The van der Waals surface area contributed by atoms with E-state index in [2.05, 4.69) is 20.8 Å². The van der Waals surface area contributed by atoms with E-state index < -0.39 is 7.42 Å². The third-order valence-electron chi connectivity index (χ3n) is 1.11. The van der Waals surface area contributed by atoms with Gasteiger partial charge in [-0.15, -0.1) is 0 Å². The van der Waals surface area contributed by atoms with Gasteiger partial charge in [0.25, 0.3) is 0 Å². The quantitative estimate of drug-likeness (QED) is 0.458. The average molecular weight is 185 g/mol. The van der Waals surface area contributed by atoms with Crippen LogP contribution in [0.25, 0.3) is 0 Å². The van der Waals surface area contributed by atoms with E-state index in [0.29, 0.717) is 5.41 Å². The van der Waals surface area contributed by atoms with E-state index in [1.54, 1.807) is 0 Å². The molecule has 0 atom stereocenters. The standard InChI is InChI=1S/C6H14Cl2Si/c1-6(2,3)4-5-9(7)8/h9H,4-5H2,1-3H3. The maximum atomic E-state index is 5.69. The fourth-order valence-electron chi connectivity index (χ4n) is 0.542. The molecule has 0 aromatic heterocycles. The Balaban J connectivity index is 3.28. The molecular weight excluding hydrogens is 171 g/mol. The van der Waals surface area contributed by atoms with E-state index in [4.69, 9.17) is 22.2 Å². The van der Waals surface area contributed by atoms with E-state index in [1.165, 1.54) is 0 Å². The highest BCUT2D eigenvalue weighted by atomic mass is 35.7. The van der Waals surface area contributed by atoms with Crippen LogP contribution in [0.3, 0.4) is 0 Å². The largest absolute Gasteiger partial charge is 0.237 e. The predicted molar refractivity (Wildman–Crippen MR) is 47.7 cm³/mol. The van der Waals surface area contributed by atoms with Crippen molar-refractivity contribution < 1.29 is 0 Å². The van der Waals surface area contributed by atoms with Crippen LogP contribution in [-0.2, 0) is 0 Å². The van der Waals surface area contributed by atoms with Gasteiger partial charge in [0.2, 0.25) is 7.42 Å².